The van der Waals surface area contributed by atoms with E-state index in [9.17, 15) is 4.79 Å². The van der Waals surface area contributed by atoms with Gasteiger partial charge in [0.2, 0.25) is 0 Å². The molecule has 2 aliphatic heterocycles. The molecule has 5 aromatic carbocycles. The molecule has 1 spiro atoms. The summed E-state index contributed by atoms with van der Waals surface area (Å²) in [5, 5.41) is 19.3. The Labute approximate surface area is 345 Å². The van der Waals surface area contributed by atoms with E-state index in [0.717, 1.165) is 71.4 Å². The predicted molar refractivity (Wildman–Crippen MR) is 217 cm³/mol. The predicted octanol–water partition coefficient (Wildman–Crippen LogP) is 5.56. The van der Waals surface area contributed by atoms with E-state index in [1.54, 1.807) is 6.92 Å². The van der Waals surface area contributed by atoms with Gasteiger partial charge in [-0.05, 0) is 96.3 Å². The molecule has 1 N–H and O–H groups in total. The molecule has 0 aliphatic carbocycles. The van der Waals surface area contributed by atoms with E-state index in [0.29, 0.717) is 25.6 Å². The quantitative estimate of drug-likeness (QED) is 0.181. The van der Waals surface area contributed by atoms with Crippen molar-refractivity contribution in [1.82, 2.24) is 19.9 Å². The highest BCUT2D eigenvalue weighted by atomic mass is 35.5. The van der Waals surface area contributed by atoms with E-state index in [2.05, 4.69) is 24.0 Å². The lowest BCUT2D eigenvalue weighted by molar-refractivity contribution is -0.734. The molecule has 6 aromatic rings. The van der Waals surface area contributed by atoms with Crippen LogP contribution in [-0.4, -0.2) is 57.2 Å². The molecule has 9 nitrogen and oxygen atoms in total. The third-order valence-electron chi connectivity index (χ3n) is 10.3. The lowest BCUT2D eigenvalue weighted by Crippen LogP contribution is -3.00. The second-order valence-electron chi connectivity index (χ2n) is 14.0. The van der Waals surface area contributed by atoms with Gasteiger partial charge in [-0.2, -0.15) is 0 Å². The van der Waals surface area contributed by atoms with Gasteiger partial charge in [0.25, 0.3) is 0 Å². The smallest absolute Gasteiger partial charge is 0.340 e. The summed E-state index contributed by atoms with van der Waals surface area (Å²) in [5.74, 6) is 1.30. The number of para-hydroxylation sites is 2. The molecule has 1 saturated heterocycles. The number of carboxylic acids is 1. The molecular weight excluding hydrogens is 769 g/mol. The average Bonchev–Trinajstić information content (AvgIpc) is 3.82. The SMILES string of the molecule is CCc1ccc(Cl)c(COc2ccc3c(c2)OCC32CCN(CC(C)C(=O)O)CC2)c1.Cl.[Cl-].c1ccc(-c2nn(-c3ccccc3)[n+](-c3ccccc3)n2)cc1. The number of likely N-dealkylation sites (tertiary alicyclic amines) is 1. The highest BCUT2D eigenvalue weighted by Crippen LogP contribution is 2.46. The Morgan fingerprint density at radius 2 is 1.59 bits per heavy atom. The van der Waals surface area contributed by atoms with E-state index in [1.165, 1.54) is 11.1 Å². The fourth-order valence-electron chi connectivity index (χ4n) is 7.05. The standard InChI is InChI=1S/C25H30ClNO4.C19H15N4.2ClH/c1-3-18-4-7-22(26)19(12-18)15-30-20-5-6-21-23(13-20)31-16-25(21)8-10-27(11-9-25)14-17(2)24(28)29;1-4-10-16(11-5-1)19-20-22(17-12-6-2-7-13-17)23(21-19)18-14-8-3-9-15-18;;/h4-7,12-13,17H,3,8-11,14-16H2,1-2H3,(H,28,29);1-15H;2*1H/q;+1;;/p-1. The fraction of sp³-hybridized carbons (Fsp3) is 0.273. The number of piperidine rings is 1. The molecule has 8 rings (SSSR count). The normalized spacial score (nSPS) is 14.6. The summed E-state index contributed by atoms with van der Waals surface area (Å²) in [6, 6.07) is 42.2. The van der Waals surface area contributed by atoms with Gasteiger partial charge >= 0.3 is 11.8 Å². The molecule has 1 unspecified atom stereocenters. The number of ether oxygens (including phenoxy) is 2. The molecule has 292 valence electrons. The van der Waals surface area contributed by atoms with Crippen molar-refractivity contribution >= 4 is 30.0 Å². The highest BCUT2D eigenvalue weighted by molar-refractivity contribution is 6.31. The first-order chi connectivity index (χ1) is 26.3. The van der Waals surface area contributed by atoms with Crippen LogP contribution in [0.2, 0.25) is 5.02 Å². The molecule has 1 fully saturated rings. The third-order valence-corrected chi connectivity index (χ3v) is 10.6. The van der Waals surface area contributed by atoms with Crippen molar-refractivity contribution in [1.29, 1.82) is 0 Å². The average molecular weight is 815 g/mol. The van der Waals surface area contributed by atoms with Crippen molar-refractivity contribution in [3.05, 3.63) is 149 Å². The first kappa shape index (κ1) is 42.2. The molecule has 1 atom stereocenters. The maximum absolute atomic E-state index is 11.1. The van der Waals surface area contributed by atoms with Crippen molar-refractivity contribution < 1.29 is 36.6 Å². The lowest BCUT2D eigenvalue weighted by atomic mass is 9.74. The molecule has 0 saturated carbocycles. The topological polar surface area (TPSA) is 93.6 Å². The molecule has 12 heteroatoms. The van der Waals surface area contributed by atoms with Crippen molar-refractivity contribution in [2.45, 2.75) is 45.1 Å². The van der Waals surface area contributed by atoms with Crippen molar-refractivity contribution in [2.24, 2.45) is 5.92 Å². The zero-order valence-electron chi connectivity index (χ0n) is 31.4. The molecule has 3 heterocycles. The van der Waals surface area contributed by atoms with Gasteiger partial charge in [-0.15, -0.1) is 12.4 Å². The minimum Gasteiger partial charge on any atom is -1.00 e. The Morgan fingerprint density at radius 3 is 2.25 bits per heavy atom. The number of hydrogen-bond acceptors (Lipinski definition) is 6. The number of carbonyl (C=O) groups is 1. The second kappa shape index (κ2) is 19.3. The molecule has 0 bridgehead atoms. The van der Waals surface area contributed by atoms with Crippen LogP contribution in [0.15, 0.2) is 127 Å². The van der Waals surface area contributed by atoms with Crippen LogP contribution in [0, 0.1) is 5.92 Å². The number of halogens is 3. The van der Waals surface area contributed by atoms with Gasteiger partial charge in [0, 0.05) is 39.0 Å². The van der Waals surface area contributed by atoms with Gasteiger partial charge < -0.3 is 31.9 Å². The summed E-state index contributed by atoms with van der Waals surface area (Å²) in [6.45, 7) is 7.39. The van der Waals surface area contributed by atoms with Crippen molar-refractivity contribution in [2.75, 3.05) is 26.2 Å². The maximum atomic E-state index is 11.1. The molecule has 0 amide bonds. The third kappa shape index (κ3) is 9.71. The van der Waals surface area contributed by atoms with E-state index in [-0.39, 0.29) is 36.1 Å². The van der Waals surface area contributed by atoms with Crippen LogP contribution in [-0.2, 0) is 23.2 Å². The lowest BCUT2D eigenvalue weighted by Gasteiger charge is -2.39. The van der Waals surface area contributed by atoms with Gasteiger partial charge in [-0.1, -0.05) is 98.2 Å². The van der Waals surface area contributed by atoms with Crippen LogP contribution >= 0.6 is 24.0 Å². The number of nitrogens with zero attached hydrogens (tertiary/aromatic N) is 5. The molecule has 1 aromatic heterocycles. The maximum Gasteiger partial charge on any atom is 0.340 e. The number of benzene rings is 5. The Morgan fingerprint density at radius 1 is 0.929 bits per heavy atom. The summed E-state index contributed by atoms with van der Waals surface area (Å²) in [5.41, 5.74) is 6.42. The largest absolute Gasteiger partial charge is 1.00 e. The van der Waals surface area contributed by atoms with Gasteiger partial charge in [-0.3, -0.25) is 4.79 Å². The number of aromatic nitrogens is 4. The van der Waals surface area contributed by atoms with Crippen LogP contribution in [0.4, 0.5) is 0 Å². The van der Waals surface area contributed by atoms with Crippen LogP contribution < -0.4 is 26.7 Å². The second-order valence-corrected chi connectivity index (χ2v) is 14.4. The summed E-state index contributed by atoms with van der Waals surface area (Å²) in [6.07, 6.45) is 2.92. The summed E-state index contributed by atoms with van der Waals surface area (Å²) >= 11 is 6.33. The van der Waals surface area contributed by atoms with Crippen LogP contribution in [0.5, 0.6) is 11.5 Å². The molecule has 2 aliphatic rings. The zero-order valence-corrected chi connectivity index (χ0v) is 33.8. The Balaban J connectivity index is 0.000000215. The van der Waals surface area contributed by atoms with Gasteiger partial charge in [-0.25, -0.2) is 0 Å². The number of aryl methyl sites for hydroxylation is 1. The fourth-order valence-corrected chi connectivity index (χ4v) is 7.22. The van der Waals surface area contributed by atoms with E-state index in [1.807, 2.05) is 125 Å². The zero-order chi connectivity index (χ0) is 37.5. The summed E-state index contributed by atoms with van der Waals surface area (Å²) in [4.78, 5) is 17.0. The highest BCUT2D eigenvalue weighted by Gasteiger charge is 2.43. The van der Waals surface area contributed by atoms with Crippen LogP contribution in [0.3, 0.4) is 0 Å². The van der Waals surface area contributed by atoms with Gasteiger partial charge in [0.15, 0.2) is 5.69 Å². The number of tetrazole rings is 1. The molecule has 56 heavy (non-hydrogen) atoms. The van der Waals surface area contributed by atoms with E-state index in [4.69, 9.17) is 36.4 Å². The first-order valence-corrected chi connectivity index (χ1v) is 18.9. The molecule has 0 radical (unpaired) electrons. The minimum absolute atomic E-state index is 0. The Hall–Kier alpha value is -4.93. The van der Waals surface area contributed by atoms with Crippen LogP contribution in [0.1, 0.15) is 43.4 Å². The number of hydrogen-bond donors (Lipinski definition) is 1. The van der Waals surface area contributed by atoms with E-state index < -0.39 is 5.97 Å². The monoisotopic (exact) mass is 813 g/mol. The van der Waals surface area contributed by atoms with Crippen molar-refractivity contribution in [3.63, 3.8) is 0 Å². The van der Waals surface area contributed by atoms with Gasteiger partial charge in [0.1, 0.15) is 23.8 Å². The summed E-state index contributed by atoms with van der Waals surface area (Å²) in [7, 11) is 0. The Bertz CT molecular complexity index is 2120. The van der Waals surface area contributed by atoms with Crippen LogP contribution in [0.25, 0.3) is 22.8 Å². The summed E-state index contributed by atoms with van der Waals surface area (Å²) < 4.78 is 12.1. The first-order valence-electron chi connectivity index (χ1n) is 18.5. The van der Waals surface area contributed by atoms with Gasteiger partial charge in [0.05, 0.1) is 23.2 Å². The minimum atomic E-state index is -0.731. The van der Waals surface area contributed by atoms with Crippen molar-refractivity contribution in [3.8, 4) is 34.3 Å². The van der Waals surface area contributed by atoms with E-state index >= 15 is 0 Å². The number of fused-ring (bicyclic) bond motifs is 2. The number of aliphatic carboxylic acids is 1. The number of carboxylic acid groups (broad SMARTS) is 1. The Kier molecular flexibility index (Phi) is 14.5. The number of rotatable bonds is 10. The molecular formula is C44H46Cl3N5O4.